The Morgan fingerprint density at radius 3 is 2.10 bits per heavy atom. The first-order valence-electron chi connectivity index (χ1n) is 14.5. The van der Waals surface area contributed by atoms with Crippen molar-refractivity contribution in [2.45, 2.75) is 129 Å². The Bertz CT molecular complexity index is 912. The molecular formula is C31H53NO6Si. The van der Waals surface area contributed by atoms with Crippen LogP contribution in [0.2, 0.25) is 18.1 Å². The average molecular weight is 564 g/mol. The minimum atomic E-state index is -2.30. The molecule has 3 atom stereocenters. The van der Waals surface area contributed by atoms with Crippen LogP contribution in [0.1, 0.15) is 92.1 Å². The fraction of sp³-hybridized carbons (Fsp3) is 0.742. The Kier molecular flexibility index (Phi) is 11.9. The molecule has 39 heavy (non-hydrogen) atoms. The van der Waals surface area contributed by atoms with Crippen molar-refractivity contribution >= 4 is 20.4 Å². The lowest BCUT2D eigenvalue weighted by molar-refractivity contribution is -0.142. The molecule has 1 amide bonds. The quantitative estimate of drug-likeness (QED) is 0.255. The fourth-order valence-corrected chi connectivity index (χ4v) is 6.36. The lowest BCUT2D eigenvalue weighted by atomic mass is 9.82. The SMILES string of the molecule is COc1ccc(C[C@H](C[C@H](O[Si](C)(C)C(C)(C)C)[C@H](CC2CCCCC2)NC(=O)OC(C)(C)C)C(=O)O)cc1. The number of alkyl carbamates (subject to hydrolysis) is 1. The number of hydrogen-bond acceptors (Lipinski definition) is 5. The zero-order valence-electron chi connectivity index (χ0n) is 25.8. The van der Waals surface area contributed by atoms with Crippen molar-refractivity contribution in [3.8, 4) is 5.75 Å². The van der Waals surface area contributed by atoms with Gasteiger partial charge >= 0.3 is 12.1 Å². The zero-order chi connectivity index (χ0) is 29.4. The van der Waals surface area contributed by atoms with Crippen LogP contribution >= 0.6 is 0 Å². The second-order valence-corrected chi connectivity index (χ2v) is 18.5. The highest BCUT2D eigenvalue weighted by atomic mass is 28.4. The number of aliphatic carboxylic acids is 1. The van der Waals surface area contributed by atoms with Crippen molar-refractivity contribution in [1.29, 1.82) is 0 Å². The van der Waals surface area contributed by atoms with E-state index in [1.54, 1.807) is 7.11 Å². The second-order valence-electron chi connectivity index (χ2n) is 13.7. The van der Waals surface area contributed by atoms with Crippen LogP contribution in [-0.2, 0) is 20.4 Å². The number of carboxylic acids is 1. The summed E-state index contributed by atoms with van der Waals surface area (Å²) < 4.78 is 17.9. The van der Waals surface area contributed by atoms with Crippen LogP contribution in [0.3, 0.4) is 0 Å². The number of nitrogens with one attached hydrogen (secondary N) is 1. The molecule has 0 heterocycles. The van der Waals surface area contributed by atoms with Gasteiger partial charge < -0.3 is 24.3 Å². The Morgan fingerprint density at radius 1 is 1.03 bits per heavy atom. The van der Waals surface area contributed by atoms with Gasteiger partial charge in [0.25, 0.3) is 0 Å². The summed E-state index contributed by atoms with van der Waals surface area (Å²) in [4.78, 5) is 25.6. The predicted octanol–water partition coefficient (Wildman–Crippen LogP) is 7.58. The number of carbonyl (C=O) groups is 2. The van der Waals surface area contributed by atoms with Crippen molar-refractivity contribution in [1.82, 2.24) is 5.32 Å². The van der Waals surface area contributed by atoms with Gasteiger partial charge in [0.1, 0.15) is 11.4 Å². The molecule has 0 aliphatic heterocycles. The van der Waals surface area contributed by atoms with E-state index in [4.69, 9.17) is 13.9 Å². The molecular weight excluding hydrogens is 510 g/mol. The molecule has 1 aromatic rings. The molecule has 2 N–H and O–H groups in total. The maximum absolute atomic E-state index is 13.0. The Balaban J connectivity index is 2.41. The number of carboxylic acid groups (broad SMARTS) is 1. The molecule has 2 rings (SSSR count). The molecule has 1 aliphatic rings. The highest BCUT2D eigenvalue weighted by Gasteiger charge is 2.43. The smallest absolute Gasteiger partial charge is 0.407 e. The van der Waals surface area contributed by atoms with Crippen molar-refractivity contribution in [3.63, 3.8) is 0 Å². The van der Waals surface area contributed by atoms with E-state index in [9.17, 15) is 14.7 Å². The van der Waals surface area contributed by atoms with Crippen molar-refractivity contribution in [2.75, 3.05) is 7.11 Å². The number of benzene rings is 1. The van der Waals surface area contributed by atoms with E-state index in [0.29, 0.717) is 18.8 Å². The van der Waals surface area contributed by atoms with E-state index in [0.717, 1.165) is 30.6 Å². The molecule has 0 bridgehead atoms. The van der Waals surface area contributed by atoms with Crippen LogP contribution in [0, 0.1) is 11.8 Å². The van der Waals surface area contributed by atoms with Crippen LogP contribution < -0.4 is 10.1 Å². The van der Waals surface area contributed by atoms with Crippen molar-refractivity contribution in [2.24, 2.45) is 11.8 Å². The Morgan fingerprint density at radius 2 is 1.62 bits per heavy atom. The van der Waals surface area contributed by atoms with E-state index in [-0.39, 0.29) is 11.1 Å². The molecule has 0 unspecified atom stereocenters. The van der Waals surface area contributed by atoms with Gasteiger partial charge in [-0.05, 0) is 81.8 Å². The fourth-order valence-electron chi connectivity index (χ4n) is 4.99. The molecule has 0 radical (unpaired) electrons. The molecule has 1 fully saturated rings. The summed E-state index contributed by atoms with van der Waals surface area (Å²) in [5.41, 5.74) is 0.297. The third-order valence-corrected chi connectivity index (χ3v) is 12.7. The maximum Gasteiger partial charge on any atom is 0.407 e. The predicted molar refractivity (Wildman–Crippen MR) is 159 cm³/mol. The first kappa shape index (κ1) is 33.1. The molecule has 0 spiro atoms. The summed E-state index contributed by atoms with van der Waals surface area (Å²) >= 11 is 0. The maximum atomic E-state index is 13.0. The van der Waals surface area contributed by atoms with Gasteiger partial charge in [0.2, 0.25) is 0 Å². The summed E-state index contributed by atoms with van der Waals surface area (Å²) in [5.74, 6) is -0.321. The normalized spacial score (nSPS) is 17.7. The average Bonchev–Trinajstić information content (AvgIpc) is 2.81. The standard InChI is InChI=1S/C31H53NO6Si/c1-30(2,3)37-29(35)32-26(20-22-13-11-10-12-14-22)27(38-39(8,9)31(4,5)6)21-24(28(33)34)19-23-15-17-25(36-7)18-16-23/h15-18,22,24,26-27H,10-14,19-21H2,1-9H3,(H,32,35)(H,33,34)/t24-,26+,27+/m1/s1. The molecule has 0 saturated heterocycles. The van der Waals surface area contributed by atoms with Gasteiger partial charge in [0.15, 0.2) is 8.32 Å². The first-order valence-corrected chi connectivity index (χ1v) is 17.4. The van der Waals surface area contributed by atoms with Gasteiger partial charge in [0, 0.05) is 0 Å². The molecule has 222 valence electrons. The van der Waals surface area contributed by atoms with E-state index < -0.39 is 38.0 Å². The number of methoxy groups -OCH3 is 1. The molecule has 0 aromatic heterocycles. The van der Waals surface area contributed by atoms with Crippen LogP contribution in [0.5, 0.6) is 5.75 Å². The van der Waals surface area contributed by atoms with Crippen LogP contribution in [0.4, 0.5) is 4.79 Å². The van der Waals surface area contributed by atoms with Crippen molar-refractivity contribution < 1.29 is 28.6 Å². The number of ether oxygens (including phenoxy) is 2. The minimum absolute atomic E-state index is 0.0682. The molecule has 1 saturated carbocycles. The first-order chi connectivity index (χ1) is 18.0. The van der Waals surface area contributed by atoms with Gasteiger partial charge in [-0.15, -0.1) is 0 Å². The molecule has 8 heteroatoms. The third-order valence-electron chi connectivity index (χ3n) is 8.22. The summed E-state index contributed by atoms with van der Waals surface area (Å²) in [6.07, 6.45) is 6.37. The largest absolute Gasteiger partial charge is 0.497 e. The summed E-state index contributed by atoms with van der Waals surface area (Å²) in [7, 11) is -0.689. The highest BCUT2D eigenvalue weighted by molar-refractivity contribution is 6.74. The van der Waals surface area contributed by atoms with E-state index in [2.05, 4.69) is 39.2 Å². The Labute approximate surface area is 237 Å². The zero-order valence-corrected chi connectivity index (χ0v) is 26.8. The van der Waals surface area contributed by atoms with Crippen LogP contribution in [0.15, 0.2) is 24.3 Å². The van der Waals surface area contributed by atoms with Crippen LogP contribution in [-0.4, -0.2) is 50.3 Å². The van der Waals surface area contributed by atoms with Gasteiger partial charge in [-0.3, -0.25) is 4.79 Å². The molecule has 7 nitrogen and oxygen atoms in total. The van der Waals surface area contributed by atoms with E-state index >= 15 is 0 Å². The monoisotopic (exact) mass is 563 g/mol. The number of amides is 1. The third kappa shape index (κ3) is 11.1. The van der Waals surface area contributed by atoms with Crippen molar-refractivity contribution in [3.05, 3.63) is 29.8 Å². The highest BCUT2D eigenvalue weighted by Crippen LogP contribution is 2.39. The topological polar surface area (TPSA) is 94.1 Å². The Hall–Kier alpha value is -2.06. The number of hydrogen-bond donors (Lipinski definition) is 2. The lowest BCUT2D eigenvalue weighted by Crippen LogP contribution is -2.54. The molecule has 1 aliphatic carbocycles. The van der Waals surface area contributed by atoms with Gasteiger partial charge in [0.05, 0.1) is 25.2 Å². The minimum Gasteiger partial charge on any atom is -0.497 e. The number of carbonyl (C=O) groups excluding carboxylic acids is 1. The lowest BCUT2D eigenvalue weighted by Gasteiger charge is -2.43. The van der Waals surface area contributed by atoms with E-state index in [1.165, 1.54) is 19.3 Å². The molecule has 1 aromatic carbocycles. The summed E-state index contributed by atoms with van der Waals surface area (Å²) in [6, 6.07) is 7.20. The van der Waals surface area contributed by atoms with E-state index in [1.807, 2.05) is 45.0 Å². The summed E-state index contributed by atoms with van der Waals surface area (Å²) in [5, 5.41) is 13.4. The van der Waals surface area contributed by atoms with Gasteiger partial charge in [-0.2, -0.15) is 0 Å². The van der Waals surface area contributed by atoms with Crippen LogP contribution in [0.25, 0.3) is 0 Å². The summed E-state index contributed by atoms with van der Waals surface area (Å²) in [6.45, 7) is 16.5. The second kappa shape index (κ2) is 14.0. The van der Waals surface area contributed by atoms with Gasteiger partial charge in [-0.25, -0.2) is 4.79 Å². The number of rotatable bonds is 12. The van der Waals surface area contributed by atoms with Gasteiger partial charge in [-0.1, -0.05) is 65.0 Å².